The summed E-state index contributed by atoms with van der Waals surface area (Å²) in [7, 11) is 0. The topological polar surface area (TPSA) is 0 Å². The molecule has 2 aromatic rings. The molecule has 0 spiro atoms. The van der Waals surface area contributed by atoms with Gasteiger partial charge in [-0.2, -0.15) is 0 Å². The van der Waals surface area contributed by atoms with Crippen molar-refractivity contribution < 1.29 is 0 Å². The standard InChI is InChI=1S/C32H41/c1-7-9-13-23-15-11-17-26-24(14-10-8-2)19-29(32(23)26)30-20-28-25(21(3)4)16-12-18-27(28)31(30)22(5)6/h11-12,15-18,20-22,24,31H,7-10,13-14H2,1-6H3. The van der Waals surface area contributed by atoms with E-state index < -0.39 is 0 Å². The van der Waals surface area contributed by atoms with Gasteiger partial charge < -0.3 is 0 Å². The molecule has 0 saturated heterocycles. The summed E-state index contributed by atoms with van der Waals surface area (Å²) in [4.78, 5) is 0. The van der Waals surface area contributed by atoms with Gasteiger partial charge >= 0.3 is 0 Å². The van der Waals surface area contributed by atoms with Crippen LogP contribution < -0.4 is 0 Å². The first kappa shape index (κ1) is 23.1. The van der Waals surface area contributed by atoms with Crippen molar-refractivity contribution in [1.82, 2.24) is 0 Å². The molecule has 0 heteroatoms. The zero-order valence-corrected chi connectivity index (χ0v) is 21.1. The number of hydrogen-bond acceptors (Lipinski definition) is 0. The van der Waals surface area contributed by atoms with Gasteiger partial charge in [-0.3, -0.25) is 0 Å². The third kappa shape index (κ3) is 4.14. The molecule has 0 aliphatic heterocycles. The first-order valence-electron chi connectivity index (χ1n) is 13.1. The Hall–Kier alpha value is -2.08. The van der Waals surface area contributed by atoms with Gasteiger partial charge in [0.15, 0.2) is 0 Å². The summed E-state index contributed by atoms with van der Waals surface area (Å²) < 4.78 is 0. The number of benzene rings is 2. The Morgan fingerprint density at radius 2 is 1.59 bits per heavy atom. The van der Waals surface area contributed by atoms with Gasteiger partial charge in [-0.15, -0.1) is 0 Å². The Kier molecular flexibility index (Phi) is 7.08. The molecular formula is C32H41. The molecule has 2 atom stereocenters. The van der Waals surface area contributed by atoms with Crippen molar-refractivity contribution in [2.24, 2.45) is 5.92 Å². The molecule has 1 radical (unpaired) electrons. The fourth-order valence-corrected chi connectivity index (χ4v) is 5.88. The maximum atomic E-state index is 4.07. The van der Waals surface area contributed by atoms with E-state index in [1.807, 2.05) is 0 Å². The van der Waals surface area contributed by atoms with E-state index in [2.05, 4.69) is 90.1 Å². The summed E-state index contributed by atoms with van der Waals surface area (Å²) in [6.07, 6.45) is 14.0. The Labute approximate surface area is 196 Å². The second-order valence-electron chi connectivity index (χ2n) is 10.5. The minimum atomic E-state index is 0.448. The van der Waals surface area contributed by atoms with Gasteiger partial charge in [0, 0.05) is 11.8 Å². The summed E-state index contributed by atoms with van der Waals surface area (Å²) >= 11 is 0. The first-order chi connectivity index (χ1) is 15.5. The quantitative estimate of drug-likeness (QED) is 0.375. The Morgan fingerprint density at radius 1 is 0.875 bits per heavy atom. The van der Waals surface area contributed by atoms with Crippen LogP contribution in [0.2, 0.25) is 0 Å². The lowest BCUT2D eigenvalue weighted by atomic mass is 9.80. The van der Waals surface area contributed by atoms with E-state index >= 15 is 0 Å². The van der Waals surface area contributed by atoms with E-state index in [1.54, 1.807) is 0 Å². The second kappa shape index (κ2) is 9.82. The normalized spacial score (nSPS) is 19.4. The summed E-state index contributed by atoms with van der Waals surface area (Å²) in [5.74, 6) is 2.02. The van der Waals surface area contributed by atoms with E-state index in [0.29, 0.717) is 23.7 Å². The lowest BCUT2D eigenvalue weighted by Gasteiger charge is -2.24. The SMILES string of the molecule is CCCCc1cccc2c1C(C1=Cc3c(C(C)C)cccc3C1C(C)C)=[C]C2CCCC. The molecule has 2 aliphatic carbocycles. The molecular weight excluding hydrogens is 384 g/mol. The number of unbranched alkanes of at least 4 members (excludes halogenated alkanes) is 2. The molecule has 0 aromatic heterocycles. The predicted octanol–water partition coefficient (Wildman–Crippen LogP) is 9.46. The van der Waals surface area contributed by atoms with Crippen LogP contribution in [0.5, 0.6) is 0 Å². The minimum Gasteiger partial charge on any atom is -0.0654 e. The van der Waals surface area contributed by atoms with E-state index in [-0.39, 0.29) is 0 Å². The molecule has 169 valence electrons. The van der Waals surface area contributed by atoms with Gasteiger partial charge in [0.05, 0.1) is 0 Å². The van der Waals surface area contributed by atoms with Gasteiger partial charge in [0.25, 0.3) is 0 Å². The first-order valence-corrected chi connectivity index (χ1v) is 13.1. The van der Waals surface area contributed by atoms with E-state index in [0.717, 1.165) is 0 Å². The van der Waals surface area contributed by atoms with Gasteiger partial charge in [-0.05, 0) is 87.8 Å². The molecule has 2 aromatic carbocycles. The number of rotatable bonds is 9. The summed E-state index contributed by atoms with van der Waals surface area (Å²) in [6.45, 7) is 14.0. The maximum absolute atomic E-state index is 4.07. The Morgan fingerprint density at radius 3 is 2.28 bits per heavy atom. The van der Waals surface area contributed by atoms with Crippen molar-refractivity contribution >= 4 is 11.6 Å². The van der Waals surface area contributed by atoms with Gasteiger partial charge in [0.2, 0.25) is 0 Å². The van der Waals surface area contributed by atoms with E-state index in [9.17, 15) is 0 Å². The molecule has 2 aliphatic rings. The fourth-order valence-electron chi connectivity index (χ4n) is 5.88. The number of aryl methyl sites for hydroxylation is 1. The van der Waals surface area contributed by atoms with Crippen LogP contribution >= 0.6 is 0 Å². The van der Waals surface area contributed by atoms with Crippen LogP contribution in [0.4, 0.5) is 0 Å². The monoisotopic (exact) mass is 425 g/mol. The molecule has 0 N–H and O–H groups in total. The highest BCUT2D eigenvalue weighted by molar-refractivity contribution is 5.93. The van der Waals surface area contributed by atoms with Crippen LogP contribution in [0.25, 0.3) is 11.6 Å². The van der Waals surface area contributed by atoms with Gasteiger partial charge in [0.1, 0.15) is 0 Å². The highest BCUT2D eigenvalue weighted by Gasteiger charge is 2.36. The van der Waals surface area contributed by atoms with Crippen LogP contribution in [-0.2, 0) is 6.42 Å². The summed E-state index contributed by atoms with van der Waals surface area (Å²) in [5, 5.41) is 0. The van der Waals surface area contributed by atoms with Crippen molar-refractivity contribution in [2.75, 3.05) is 0 Å². The zero-order chi connectivity index (χ0) is 22.8. The number of fused-ring (bicyclic) bond motifs is 2. The van der Waals surface area contributed by atoms with Gasteiger partial charge in [-0.25, -0.2) is 0 Å². The number of hydrogen-bond donors (Lipinski definition) is 0. The van der Waals surface area contributed by atoms with Crippen LogP contribution in [0.3, 0.4) is 0 Å². The third-order valence-electron chi connectivity index (χ3n) is 7.49. The molecule has 0 nitrogen and oxygen atoms in total. The van der Waals surface area contributed by atoms with Crippen LogP contribution in [0.15, 0.2) is 42.0 Å². The molecule has 0 heterocycles. The van der Waals surface area contributed by atoms with Crippen molar-refractivity contribution in [2.45, 2.75) is 97.8 Å². The highest BCUT2D eigenvalue weighted by atomic mass is 14.4. The number of allylic oxidation sites excluding steroid dienone is 3. The summed E-state index contributed by atoms with van der Waals surface area (Å²) in [6, 6.07) is 14.0. The van der Waals surface area contributed by atoms with Gasteiger partial charge in [-0.1, -0.05) is 97.2 Å². The Balaban J connectivity index is 1.86. The highest BCUT2D eigenvalue weighted by Crippen LogP contribution is 2.53. The average molecular weight is 426 g/mol. The zero-order valence-electron chi connectivity index (χ0n) is 21.1. The van der Waals surface area contributed by atoms with Crippen molar-refractivity contribution in [3.63, 3.8) is 0 Å². The lowest BCUT2D eigenvalue weighted by molar-refractivity contribution is 0.571. The average Bonchev–Trinajstić information content (AvgIpc) is 3.34. The fraction of sp³-hybridized carbons (Fsp3) is 0.500. The van der Waals surface area contributed by atoms with Crippen LogP contribution in [0, 0.1) is 12.0 Å². The largest absolute Gasteiger partial charge is 0.0654 e. The third-order valence-corrected chi connectivity index (χ3v) is 7.49. The molecule has 0 saturated carbocycles. The lowest BCUT2D eigenvalue weighted by Crippen LogP contribution is -2.09. The van der Waals surface area contributed by atoms with Crippen LogP contribution in [0.1, 0.15) is 125 Å². The maximum Gasteiger partial charge on any atom is 0.0125 e. The smallest absolute Gasteiger partial charge is 0.0125 e. The molecule has 0 amide bonds. The molecule has 0 bridgehead atoms. The molecule has 32 heavy (non-hydrogen) atoms. The molecule has 2 unspecified atom stereocenters. The van der Waals surface area contributed by atoms with Crippen LogP contribution in [-0.4, -0.2) is 0 Å². The molecule has 0 fully saturated rings. The van der Waals surface area contributed by atoms with Crippen molar-refractivity contribution in [3.8, 4) is 0 Å². The van der Waals surface area contributed by atoms with Crippen molar-refractivity contribution in [3.05, 3.63) is 81.4 Å². The second-order valence-corrected chi connectivity index (χ2v) is 10.5. The van der Waals surface area contributed by atoms with Crippen molar-refractivity contribution in [1.29, 1.82) is 0 Å². The van der Waals surface area contributed by atoms with E-state index in [4.69, 9.17) is 0 Å². The predicted molar refractivity (Wildman–Crippen MR) is 140 cm³/mol. The molecule has 4 rings (SSSR count). The summed E-state index contributed by atoms with van der Waals surface area (Å²) in [5.41, 5.74) is 12.0. The Bertz CT molecular complexity index is 1010. The van der Waals surface area contributed by atoms with E-state index in [1.165, 1.54) is 83.1 Å². The minimum absolute atomic E-state index is 0.448.